The summed E-state index contributed by atoms with van der Waals surface area (Å²) in [6, 6.07) is 7.90. The van der Waals surface area contributed by atoms with Crippen molar-refractivity contribution in [1.29, 1.82) is 0 Å². The van der Waals surface area contributed by atoms with Crippen molar-refractivity contribution in [3.63, 3.8) is 0 Å². The van der Waals surface area contributed by atoms with Crippen molar-refractivity contribution in [3.8, 4) is 11.6 Å². The first-order valence-electron chi connectivity index (χ1n) is 5.63. The molecule has 1 aromatic carbocycles. The Morgan fingerprint density at radius 2 is 2.00 bits per heavy atom. The van der Waals surface area contributed by atoms with Crippen molar-refractivity contribution in [2.45, 2.75) is 13.8 Å². The molecule has 0 fully saturated rings. The van der Waals surface area contributed by atoms with Gasteiger partial charge in [-0.05, 0) is 31.5 Å². The van der Waals surface area contributed by atoms with Crippen LogP contribution >= 0.6 is 0 Å². The predicted molar refractivity (Wildman–Crippen MR) is 71.3 cm³/mol. The van der Waals surface area contributed by atoms with E-state index in [1.165, 1.54) is 6.07 Å². The number of nitrogen functional groups attached to an aromatic ring is 1. The second kappa shape index (κ2) is 4.93. The molecule has 0 bridgehead atoms. The summed E-state index contributed by atoms with van der Waals surface area (Å²) in [5, 5.41) is 10.9. The molecule has 0 spiro atoms. The molecule has 0 saturated carbocycles. The van der Waals surface area contributed by atoms with Crippen molar-refractivity contribution in [1.82, 2.24) is 4.98 Å². The molecule has 0 saturated heterocycles. The number of hydrogen-bond donors (Lipinski definition) is 1. The Labute approximate surface area is 110 Å². The van der Waals surface area contributed by atoms with Crippen LogP contribution in [0.5, 0.6) is 11.6 Å². The normalized spacial score (nSPS) is 10.2. The number of aryl methyl sites for hydroxylation is 2. The van der Waals surface area contributed by atoms with E-state index in [2.05, 4.69) is 4.98 Å². The van der Waals surface area contributed by atoms with Gasteiger partial charge in [-0.1, -0.05) is 6.07 Å². The molecule has 0 aliphatic heterocycles. The molecule has 1 heterocycles. The Hall–Kier alpha value is -2.63. The topological polar surface area (TPSA) is 91.3 Å². The zero-order chi connectivity index (χ0) is 14.0. The van der Waals surface area contributed by atoms with E-state index in [4.69, 9.17) is 10.5 Å². The molecule has 0 aliphatic rings. The van der Waals surface area contributed by atoms with Gasteiger partial charge in [-0.25, -0.2) is 4.98 Å². The minimum Gasteiger partial charge on any atom is -0.432 e. The molecule has 2 aromatic rings. The highest BCUT2D eigenvalue weighted by molar-refractivity contribution is 5.50. The molecular weight excluding hydrogens is 246 g/mol. The Kier molecular flexibility index (Phi) is 3.33. The van der Waals surface area contributed by atoms with Gasteiger partial charge in [-0.3, -0.25) is 10.1 Å². The maximum atomic E-state index is 10.9. The maximum absolute atomic E-state index is 10.9. The van der Waals surface area contributed by atoms with Gasteiger partial charge in [0.1, 0.15) is 0 Å². The number of rotatable bonds is 3. The smallest absolute Gasteiger partial charge is 0.311 e. The third-order valence-electron chi connectivity index (χ3n) is 2.63. The lowest BCUT2D eigenvalue weighted by molar-refractivity contribution is -0.385. The van der Waals surface area contributed by atoms with Crippen LogP contribution in [-0.4, -0.2) is 9.91 Å². The van der Waals surface area contributed by atoms with Crippen LogP contribution in [0.25, 0.3) is 0 Å². The highest BCUT2D eigenvalue weighted by Gasteiger charge is 2.16. The van der Waals surface area contributed by atoms with Gasteiger partial charge in [0, 0.05) is 12.1 Å². The molecule has 19 heavy (non-hydrogen) atoms. The first-order chi connectivity index (χ1) is 8.97. The molecule has 2 N–H and O–H groups in total. The fourth-order valence-corrected chi connectivity index (χ4v) is 1.57. The fourth-order valence-electron chi connectivity index (χ4n) is 1.57. The van der Waals surface area contributed by atoms with E-state index in [1.54, 1.807) is 31.2 Å². The Morgan fingerprint density at radius 1 is 1.26 bits per heavy atom. The quantitative estimate of drug-likeness (QED) is 0.675. The van der Waals surface area contributed by atoms with Crippen molar-refractivity contribution in [2.75, 3.05) is 5.73 Å². The summed E-state index contributed by atoms with van der Waals surface area (Å²) < 4.78 is 5.48. The van der Waals surface area contributed by atoms with Gasteiger partial charge >= 0.3 is 5.69 Å². The first-order valence-corrected chi connectivity index (χ1v) is 5.63. The summed E-state index contributed by atoms with van der Waals surface area (Å²) in [5.41, 5.74) is 7.60. The molecule has 0 unspecified atom stereocenters. The van der Waals surface area contributed by atoms with Gasteiger partial charge in [0.05, 0.1) is 16.3 Å². The van der Waals surface area contributed by atoms with Gasteiger partial charge in [-0.2, -0.15) is 0 Å². The molecule has 98 valence electrons. The molecule has 0 atom stereocenters. The summed E-state index contributed by atoms with van der Waals surface area (Å²) in [5.74, 6) is 0.446. The Morgan fingerprint density at radius 3 is 2.63 bits per heavy atom. The van der Waals surface area contributed by atoms with Crippen LogP contribution in [0.15, 0.2) is 30.3 Å². The number of anilines is 1. The summed E-state index contributed by atoms with van der Waals surface area (Å²) in [6.07, 6.45) is 0. The second-order valence-corrected chi connectivity index (χ2v) is 4.15. The summed E-state index contributed by atoms with van der Waals surface area (Å²) in [4.78, 5) is 14.6. The SMILES string of the molecule is Cc1ccc([N+](=O)[O-])c(Oc2ccc(N)c(C)n2)c1. The number of nitrogens with zero attached hydrogens (tertiary/aromatic N) is 2. The van der Waals surface area contributed by atoms with Crippen LogP contribution in [0.2, 0.25) is 0 Å². The number of hydrogen-bond acceptors (Lipinski definition) is 5. The summed E-state index contributed by atoms with van der Waals surface area (Å²) in [6.45, 7) is 3.57. The zero-order valence-electron chi connectivity index (χ0n) is 10.6. The Balaban J connectivity index is 2.39. The Bertz CT molecular complexity index is 641. The van der Waals surface area contributed by atoms with Crippen LogP contribution in [-0.2, 0) is 0 Å². The third-order valence-corrected chi connectivity index (χ3v) is 2.63. The van der Waals surface area contributed by atoms with E-state index in [9.17, 15) is 10.1 Å². The minimum atomic E-state index is -0.487. The number of nitrogens with two attached hydrogens (primary N) is 1. The minimum absolute atomic E-state index is 0.0955. The average Bonchev–Trinajstić information content (AvgIpc) is 2.33. The molecule has 6 nitrogen and oxygen atoms in total. The lowest BCUT2D eigenvalue weighted by atomic mass is 10.2. The van der Waals surface area contributed by atoms with E-state index in [-0.39, 0.29) is 17.3 Å². The van der Waals surface area contributed by atoms with Crippen LogP contribution in [0, 0.1) is 24.0 Å². The van der Waals surface area contributed by atoms with Crippen LogP contribution in [0.1, 0.15) is 11.3 Å². The van der Waals surface area contributed by atoms with Gasteiger partial charge in [-0.15, -0.1) is 0 Å². The zero-order valence-corrected chi connectivity index (χ0v) is 10.6. The van der Waals surface area contributed by atoms with E-state index in [0.29, 0.717) is 11.4 Å². The van der Waals surface area contributed by atoms with E-state index in [0.717, 1.165) is 5.56 Å². The van der Waals surface area contributed by atoms with E-state index in [1.807, 2.05) is 6.92 Å². The van der Waals surface area contributed by atoms with E-state index >= 15 is 0 Å². The number of benzene rings is 1. The van der Waals surface area contributed by atoms with Crippen LogP contribution in [0.3, 0.4) is 0 Å². The molecule has 1 aromatic heterocycles. The predicted octanol–water partition coefficient (Wildman–Crippen LogP) is 2.98. The molecule has 2 rings (SSSR count). The standard InChI is InChI=1S/C13H13N3O3/c1-8-3-5-11(16(17)18)12(7-8)19-13-6-4-10(14)9(2)15-13/h3-7H,14H2,1-2H3. The molecule has 6 heteroatoms. The maximum Gasteiger partial charge on any atom is 0.311 e. The largest absolute Gasteiger partial charge is 0.432 e. The molecule has 0 amide bonds. The first kappa shape index (κ1) is 12.8. The molecular formula is C13H13N3O3. The van der Waals surface area contributed by atoms with Crippen molar-refractivity contribution in [3.05, 3.63) is 51.7 Å². The molecule has 0 aliphatic carbocycles. The number of nitro groups is 1. The number of pyridine rings is 1. The van der Waals surface area contributed by atoms with Gasteiger partial charge in [0.25, 0.3) is 0 Å². The fraction of sp³-hybridized carbons (Fsp3) is 0.154. The van der Waals surface area contributed by atoms with E-state index < -0.39 is 4.92 Å². The summed E-state index contributed by atoms with van der Waals surface area (Å²) in [7, 11) is 0. The summed E-state index contributed by atoms with van der Waals surface area (Å²) >= 11 is 0. The van der Waals surface area contributed by atoms with Crippen LogP contribution in [0.4, 0.5) is 11.4 Å². The average molecular weight is 259 g/mol. The highest BCUT2D eigenvalue weighted by atomic mass is 16.6. The van der Waals surface area contributed by atoms with Gasteiger partial charge in [0.2, 0.25) is 11.6 Å². The lowest BCUT2D eigenvalue weighted by Crippen LogP contribution is -1.98. The number of aromatic nitrogens is 1. The van der Waals surface area contributed by atoms with Crippen molar-refractivity contribution < 1.29 is 9.66 Å². The van der Waals surface area contributed by atoms with Gasteiger partial charge < -0.3 is 10.5 Å². The third kappa shape index (κ3) is 2.79. The van der Waals surface area contributed by atoms with Crippen LogP contribution < -0.4 is 10.5 Å². The molecule has 0 radical (unpaired) electrons. The van der Waals surface area contributed by atoms with Gasteiger partial charge in [0.15, 0.2) is 0 Å². The second-order valence-electron chi connectivity index (χ2n) is 4.15. The lowest BCUT2D eigenvalue weighted by Gasteiger charge is -2.07. The number of ether oxygens (including phenoxy) is 1. The number of nitro benzene ring substituents is 1. The monoisotopic (exact) mass is 259 g/mol. The van der Waals surface area contributed by atoms with Crippen molar-refractivity contribution >= 4 is 11.4 Å². The highest BCUT2D eigenvalue weighted by Crippen LogP contribution is 2.31. The van der Waals surface area contributed by atoms with Crippen molar-refractivity contribution in [2.24, 2.45) is 0 Å².